The average Bonchev–Trinajstić information content (AvgIpc) is 2.42. The molecule has 0 spiro atoms. The van der Waals surface area contributed by atoms with Crippen molar-refractivity contribution in [3.8, 4) is 11.8 Å². The predicted molar refractivity (Wildman–Crippen MR) is 82.8 cm³/mol. The quantitative estimate of drug-likeness (QED) is 0.458. The Balaban J connectivity index is 0.00000137. The van der Waals surface area contributed by atoms with E-state index in [1.807, 2.05) is 13.8 Å². The van der Waals surface area contributed by atoms with Crippen LogP contribution in [0.25, 0.3) is 0 Å². The molecule has 0 fully saturated rings. The molecule has 0 radical (unpaired) electrons. The lowest BCUT2D eigenvalue weighted by molar-refractivity contribution is 0.641. The number of rotatable bonds is 5. The molecule has 0 heterocycles. The van der Waals surface area contributed by atoms with Crippen LogP contribution < -0.4 is 0 Å². The SMILES string of the molecule is CC.CCCCCCCC#Cc1ccccc1C. The smallest absolute Gasteiger partial charge is 0.0274 e. The molecule has 0 aromatic heterocycles. The van der Waals surface area contributed by atoms with Crippen LogP contribution in [0.2, 0.25) is 0 Å². The topological polar surface area (TPSA) is 0 Å². The van der Waals surface area contributed by atoms with Crippen LogP contribution in [0.5, 0.6) is 0 Å². The van der Waals surface area contributed by atoms with Gasteiger partial charge in [-0.15, -0.1) is 0 Å². The van der Waals surface area contributed by atoms with Crippen molar-refractivity contribution in [2.75, 3.05) is 0 Å². The first kappa shape index (κ1) is 16.8. The first-order chi connectivity index (χ1) is 8.84. The van der Waals surface area contributed by atoms with Crippen LogP contribution in [0.1, 0.15) is 70.4 Å². The molecule has 0 nitrogen and oxygen atoms in total. The van der Waals surface area contributed by atoms with E-state index in [2.05, 4.69) is 50.0 Å². The zero-order valence-electron chi connectivity index (χ0n) is 12.6. The second-order valence-corrected chi connectivity index (χ2v) is 4.28. The van der Waals surface area contributed by atoms with Gasteiger partial charge in [0.25, 0.3) is 0 Å². The number of hydrogen-bond donors (Lipinski definition) is 0. The molecule has 0 bridgehead atoms. The predicted octanol–water partition coefficient (Wildman–Crippen LogP) is 5.73. The third-order valence-electron chi connectivity index (χ3n) is 2.77. The van der Waals surface area contributed by atoms with Crippen LogP contribution in [0.3, 0.4) is 0 Å². The molecule has 18 heavy (non-hydrogen) atoms. The Hall–Kier alpha value is -1.22. The van der Waals surface area contributed by atoms with Crippen LogP contribution >= 0.6 is 0 Å². The third kappa shape index (κ3) is 7.96. The molecular formula is C18H28. The lowest BCUT2D eigenvalue weighted by Gasteiger charge is -1.96. The van der Waals surface area contributed by atoms with Gasteiger partial charge in [-0.3, -0.25) is 0 Å². The van der Waals surface area contributed by atoms with Crippen molar-refractivity contribution >= 4 is 0 Å². The van der Waals surface area contributed by atoms with Crippen LogP contribution in [-0.2, 0) is 0 Å². The monoisotopic (exact) mass is 244 g/mol. The Morgan fingerprint density at radius 1 is 0.944 bits per heavy atom. The number of benzene rings is 1. The minimum atomic E-state index is 1.04. The van der Waals surface area contributed by atoms with Gasteiger partial charge in [0.15, 0.2) is 0 Å². The maximum absolute atomic E-state index is 3.27. The molecule has 1 aromatic rings. The van der Waals surface area contributed by atoms with E-state index in [0.717, 1.165) is 6.42 Å². The van der Waals surface area contributed by atoms with Crippen molar-refractivity contribution < 1.29 is 0 Å². The van der Waals surface area contributed by atoms with E-state index < -0.39 is 0 Å². The van der Waals surface area contributed by atoms with Crippen molar-refractivity contribution in [2.45, 2.75) is 66.2 Å². The summed E-state index contributed by atoms with van der Waals surface area (Å²) in [6.45, 7) is 8.36. The average molecular weight is 244 g/mol. The van der Waals surface area contributed by atoms with E-state index >= 15 is 0 Å². The van der Waals surface area contributed by atoms with E-state index in [1.165, 1.54) is 43.2 Å². The highest BCUT2D eigenvalue weighted by molar-refractivity contribution is 5.40. The highest BCUT2D eigenvalue weighted by Gasteiger charge is 1.90. The summed E-state index contributed by atoms with van der Waals surface area (Å²) in [6, 6.07) is 8.33. The Labute approximate surface area is 114 Å². The summed E-state index contributed by atoms with van der Waals surface area (Å²) in [6.07, 6.45) is 7.66. The molecule has 0 aliphatic heterocycles. The van der Waals surface area contributed by atoms with Gasteiger partial charge in [0.05, 0.1) is 0 Å². The highest BCUT2D eigenvalue weighted by Crippen LogP contribution is 2.06. The van der Waals surface area contributed by atoms with Crippen LogP contribution in [0, 0.1) is 18.8 Å². The van der Waals surface area contributed by atoms with Crippen LogP contribution in [-0.4, -0.2) is 0 Å². The van der Waals surface area contributed by atoms with Gasteiger partial charge in [0, 0.05) is 12.0 Å². The number of hydrogen-bond acceptors (Lipinski definition) is 0. The van der Waals surface area contributed by atoms with Crippen molar-refractivity contribution in [1.82, 2.24) is 0 Å². The standard InChI is InChI=1S/C16H22.C2H6/c1-3-4-5-6-7-8-9-13-16-14-11-10-12-15(16)2;1-2/h10-12,14H,3-8H2,1-2H3;1-2H3. The van der Waals surface area contributed by atoms with Gasteiger partial charge in [0.1, 0.15) is 0 Å². The van der Waals surface area contributed by atoms with E-state index in [1.54, 1.807) is 0 Å². The minimum absolute atomic E-state index is 1.04. The van der Waals surface area contributed by atoms with E-state index in [-0.39, 0.29) is 0 Å². The summed E-state index contributed by atoms with van der Waals surface area (Å²) in [5, 5.41) is 0. The van der Waals surface area contributed by atoms with Crippen molar-refractivity contribution in [1.29, 1.82) is 0 Å². The minimum Gasteiger partial charge on any atom is -0.0979 e. The second kappa shape index (κ2) is 12.2. The van der Waals surface area contributed by atoms with Gasteiger partial charge < -0.3 is 0 Å². The van der Waals surface area contributed by atoms with E-state index in [4.69, 9.17) is 0 Å². The lowest BCUT2D eigenvalue weighted by atomic mass is 10.1. The van der Waals surface area contributed by atoms with Gasteiger partial charge >= 0.3 is 0 Å². The fraction of sp³-hybridized carbons (Fsp3) is 0.556. The summed E-state index contributed by atoms with van der Waals surface area (Å²) < 4.78 is 0. The third-order valence-corrected chi connectivity index (χ3v) is 2.77. The molecule has 1 rings (SSSR count). The summed E-state index contributed by atoms with van der Waals surface area (Å²) in [4.78, 5) is 0. The van der Waals surface area contributed by atoms with Crippen molar-refractivity contribution in [3.63, 3.8) is 0 Å². The Morgan fingerprint density at radius 2 is 1.61 bits per heavy atom. The molecule has 0 saturated heterocycles. The zero-order valence-corrected chi connectivity index (χ0v) is 12.6. The van der Waals surface area contributed by atoms with Gasteiger partial charge in [-0.05, 0) is 25.0 Å². The second-order valence-electron chi connectivity index (χ2n) is 4.28. The first-order valence-corrected chi connectivity index (χ1v) is 7.39. The van der Waals surface area contributed by atoms with Gasteiger partial charge in [-0.25, -0.2) is 0 Å². The summed E-state index contributed by atoms with van der Waals surface area (Å²) in [5.41, 5.74) is 2.46. The number of aryl methyl sites for hydroxylation is 1. The molecule has 1 aromatic carbocycles. The van der Waals surface area contributed by atoms with Gasteiger partial charge in [-0.1, -0.05) is 76.5 Å². The fourth-order valence-electron chi connectivity index (χ4n) is 1.69. The first-order valence-electron chi connectivity index (χ1n) is 7.39. The van der Waals surface area contributed by atoms with E-state index in [9.17, 15) is 0 Å². The van der Waals surface area contributed by atoms with Gasteiger partial charge in [0.2, 0.25) is 0 Å². The van der Waals surface area contributed by atoms with Gasteiger partial charge in [-0.2, -0.15) is 0 Å². The normalized spacial score (nSPS) is 8.89. The molecule has 0 atom stereocenters. The lowest BCUT2D eigenvalue weighted by Crippen LogP contribution is -1.80. The maximum Gasteiger partial charge on any atom is 0.0274 e. The van der Waals surface area contributed by atoms with Crippen molar-refractivity contribution in [2.24, 2.45) is 0 Å². The fourth-order valence-corrected chi connectivity index (χ4v) is 1.69. The van der Waals surface area contributed by atoms with E-state index in [0.29, 0.717) is 0 Å². The molecule has 0 saturated carbocycles. The number of unbranched alkanes of at least 4 members (excludes halogenated alkanes) is 5. The maximum atomic E-state index is 3.27. The summed E-state index contributed by atoms with van der Waals surface area (Å²) in [7, 11) is 0. The molecule has 100 valence electrons. The largest absolute Gasteiger partial charge is 0.0979 e. The van der Waals surface area contributed by atoms with Crippen LogP contribution in [0.15, 0.2) is 24.3 Å². The molecule has 0 N–H and O–H groups in total. The zero-order chi connectivity index (χ0) is 13.6. The summed E-state index contributed by atoms with van der Waals surface area (Å²) >= 11 is 0. The molecule has 0 heteroatoms. The molecule has 0 unspecified atom stereocenters. The summed E-state index contributed by atoms with van der Waals surface area (Å²) in [5.74, 6) is 6.52. The Bertz CT molecular complexity index is 352. The van der Waals surface area contributed by atoms with Crippen molar-refractivity contribution in [3.05, 3.63) is 35.4 Å². The molecular weight excluding hydrogens is 216 g/mol. The highest BCUT2D eigenvalue weighted by atomic mass is 13.9. The molecule has 0 aliphatic rings. The Kier molecular flexibility index (Phi) is 11.4. The van der Waals surface area contributed by atoms with Crippen LogP contribution in [0.4, 0.5) is 0 Å². The Morgan fingerprint density at radius 3 is 2.28 bits per heavy atom. The molecule has 0 amide bonds. The molecule has 0 aliphatic carbocycles.